The maximum Gasteiger partial charge on any atom is 0.190 e. The van der Waals surface area contributed by atoms with Gasteiger partial charge < -0.3 is 5.11 Å². The van der Waals surface area contributed by atoms with Crippen LogP contribution in [0.1, 0.15) is 5.56 Å². The van der Waals surface area contributed by atoms with Crippen molar-refractivity contribution in [1.82, 2.24) is 10.2 Å². The average molecular weight is 140 g/mol. The predicted molar refractivity (Wildman–Crippen MR) is 36.4 cm³/mol. The summed E-state index contributed by atoms with van der Waals surface area (Å²) in [7, 11) is 0. The van der Waals surface area contributed by atoms with Crippen LogP contribution in [0, 0.1) is 0 Å². The summed E-state index contributed by atoms with van der Waals surface area (Å²) in [5.74, 6) is 0. The molecular formula is C5H4N2OS. The van der Waals surface area contributed by atoms with Crippen LogP contribution >= 0.6 is 12.2 Å². The average Bonchev–Trinajstić information content (AvgIpc) is 1.90. The van der Waals surface area contributed by atoms with Crippen molar-refractivity contribution in [2.75, 3.05) is 0 Å². The Bertz CT molecular complexity index is 211. The van der Waals surface area contributed by atoms with Gasteiger partial charge in [-0.2, -0.15) is 10.2 Å². The zero-order valence-electron chi connectivity index (χ0n) is 4.48. The number of aliphatic hydroxyl groups is 1. The van der Waals surface area contributed by atoms with Gasteiger partial charge in [0.05, 0.1) is 12.4 Å². The van der Waals surface area contributed by atoms with Crippen molar-refractivity contribution >= 4 is 17.3 Å². The van der Waals surface area contributed by atoms with E-state index in [0.717, 1.165) is 0 Å². The Balaban J connectivity index is 2.98. The van der Waals surface area contributed by atoms with Crippen molar-refractivity contribution in [3.05, 3.63) is 24.0 Å². The molecular weight excluding hydrogens is 136 g/mol. The summed E-state index contributed by atoms with van der Waals surface area (Å²) >= 11 is 4.45. The van der Waals surface area contributed by atoms with Gasteiger partial charge in [-0.05, 0) is 18.3 Å². The smallest absolute Gasteiger partial charge is 0.190 e. The highest BCUT2D eigenvalue weighted by Gasteiger charge is 1.93. The molecule has 4 heteroatoms. The van der Waals surface area contributed by atoms with E-state index in [2.05, 4.69) is 22.4 Å². The first-order valence-electron chi connectivity index (χ1n) is 2.30. The van der Waals surface area contributed by atoms with Crippen LogP contribution < -0.4 is 0 Å². The van der Waals surface area contributed by atoms with Crippen molar-refractivity contribution in [3.8, 4) is 0 Å². The molecule has 1 aromatic heterocycles. The summed E-state index contributed by atoms with van der Waals surface area (Å²) in [6.45, 7) is 0. The molecule has 0 amide bonds. The second-order valence-corrected chi connectivity index (χ2v) is 1.82. The lowest BCUT2D eigenvalue weighted by atomic mass is 10.3. The maximum absolute atomic E-state index is 8.69. The molecule has 0 aliphatic heterocycles. The van der Waals surface area contributed by atoms with Gasteiger partial charge in [0.25, 0.3) is 0 Å². The van der Waals surface area contributed by atoms with Crippen LogP contribution in [-0.4, -0.2) is 20.4 Å². The fourth-order valence-electron chi connectivity index (χ4n) is 0.417. The number of thiocarbonyl (C=S) groups is 1. The lowest BCUT2D eigenvalue weighted by Gasteiger charge is -1.89. The predicted octanol–water partition coefficient (Wildman–Crippen LogP) is 0.710. The van der Waals surface area contributed by atoms with Crippen molar-refractivity contribution in [1.29, 1.82) is 0 Å². The fraction of sp³-hybridized carbons (Fsp3) is 0. The Morgan fingerprint density at radius 1 is 1.56 bits per heavy atom. The first-order chi connectivity index (χ1) is 4.30. The Hall–Kier alpha value is -1.03. The molecule has 0 saturated carbocycles. The molecule has 1 aromatic rings. The first kappa shape index (κ1) is 6.10. The minimum absolute atomic E-state index is 0.148. The highest BCUT2D eigenvalue weighted by Crippen LogP contribution is 1.92. The number of aliphatic hydroxyl groups excluding tert-OH is 1. The lowest BCUT2D eigenvalue weighted by Crippen LogP contribution is -1.94. The maximum atomic E-state index is 8.69. The number of nitrogens with zero attached hydrogens (tertiary/aromatic N) is 2. The van der Waals surface area contributed by atoms with Crippen molar-refractivity contribution < 1.29 is 5.11 Å². The molecule has 0 spiro atoms. The van der Waals surface area contributed by atoms with Gasteiger partial charge in [0.2, 0.25) is 0 Å². The normalized spacial score (nSPS) is 8.89. The summed E-state index contributed by atoms with van der Waals surface area (Å²) < 4.78 is 0. The van der Waals surface area contributed by atoms with E-state index >= 15 is 0 Å². The molecule has 3 nitrogen and oxygen atoms in total. The summed E-state index contributed by atoms with van der Waals surface area (Å²) in [5.41, 5.74) is 0.528. The number of hydrogen-bond donors (Lipinski definition) is 1. The molecule has 0 radical (unpaired) electrons. The Kier molecular flexibility index (Phi) is 1.69. The van der Waals surface area contributed by atoms with E-state index in [1.165, 1.54) is 12.4 Å². The minimum Gasteiger partial charge on any atom is -0.498 e. The third kappa shape index (κ3) is 1.43. The van der Waals surface area contributed by atoms with Crippen LogP contribution in [0.15, 0.2) is 18.5 Å². The molecule has 0 unspecified atom stereocenters. The second kappa shape index (κ2) is 2.50. The fourth-order valence-corrected chi connectivity index (χ4v) is 0.538. The highest BCUT2D eigenvalue weighted by molar-refractivity contribution is 7.80. The van der Waals surface area contributed by atoms with Crippen LogP contribution in [0.3, 0.4) is 0 Å². The Morgan fingerprint density at radius 2 is 2.33 bits per heavy atom. The molecule has 1 N–H and O–H groups in total. The second-order valence-electron chi connectivity index (χ2n) is 1.44. The van der Waals surface area contributed by atoms with Crippen molar-refractivity contribution in [2.45, 2.75) is 0 Å². The molecule has 0 saturated heterocycles. The molecule has 1 rings (SSSR count). The first-order valence-corrected chi connectivity index (χ1v) is 2.71. The topological polar surface area (TPSA) is 46.0 Å². The van der Waals surface area contributed by atoms with E-state index < -0.39 is 0 Å². The third-order valence-electron chi connectivity index (χ3n) is 0.831. The van der Waals surface area contributed by atoms with Crippen LogP contribution in [0.25, 0.3) is 0 Å². The molecule has 0 fully saturated rings. The monoisotopic (exact) mass is 140 g/mol. The van der Waals surface area contributed by atoms with E-state index in [9.17, 15) is 0 Å². The van der Waals surface area contributed by atoms with E-state index in [1.54, 1.807) is 6.07 Å². The molecule has 9 heavy (non-hydrogen) atoms. The van der Waals surface area contributed by atoms with E-state index in [-0.39, 0.29) is 5.05 Å². The SMILES string of the molecule is OC(=S)c1ccnnc1. The molecule has 0 aliphatic carbocycles. The van der Waals surface area contributed by atoms with Crippen LogP contribution in [-0.2, 0) is 0 Å². The number of rotatable bonds is 1. The zero-order valence-corrected chi connectivity index (χ0v) is 5.30. The van der Waals surface area contributed by atoms with Gasteiger partial charge in [0.15, 0.2) is 5.05 Å². The summed E-state index contributed by atoms with van der Waals surface area (Å²) in [4.78, 5) is 0. The largest absolute Gasteiger partial charge is 0.498 e. The van der Waals surface area contributed by atoms with Crippen molar-refractivity contribution in [2.24, 2.45) is 0 Å². The lowest BCUT2D eigenvalue weighted by molar-refractivity contribution is 0.570. The van der Waals surface area contributed by atoms with E-state index in [4.69, 9.17) is 5.11 Å². The summed E-state index contributed by atoms with van der Waals surface area (Å²) in [6, 6.07) is 1.59. The zero-order chi connectivity index (χ0) is 6.69. The van der Waals surface area contributed by atoms with Gasteiger partial charge in [-0.25, -0.2) is 0 Å². The molecule has 0 atom stereocenters. The summed E-state index contributed by atoms with van der Waals surface area (Å²) in [6.07, 6.45) is 2.88. The standard InChI is InChI=1S/C5H4N2OS/c8-5(9)4-1-2-6-7-3-4/h1-3H,(H,8,9). The van der Waals surface area contributed by atoms with Crippen LogP contribution in [0.4, 0.5) is 0 Å². The van der Waals surface area contributed by atoms with Crippen molar-refractivity contribution in [3.63, 3.8) is 0 Å². The Morgan fingerprint density at radius 3 is 2.67 bits per heavy atom. The van der Waals surface area contributed by atoms with E-state index in [1.807, 2.05) is 0 Å². The minimum atomic E-state index is -0.148. The number of aromatic nitrogens is 2. The van der Waals surface area contributed by atoms with Gasteiger partial charge in [-0.3, -0.25) is 0 Å². The van der Waals surface area contributed by atoms with Gasteiger partial charge in [0, 0.05) is 5.56 Å². The third-order valence-corrected chi connectivity index (χ3v) is 1.07. The van der Waals surface area contributed by atoms with E-state index in [0.29, 0.717) is 5.56 Å². The quantitative estimate of drug-likeness (QED) is 0.583. The van der Waals surface area contributed by atoms with Gasteiger partial charge >= 0.3 is 0 Å². The Labute approximate surface area is 57.4 Å². The molecule has 0 bridgehead atoms. The van der Waals surface area contributed by atoms with Crippen LogP contribution in [0.2, 0.25) is 0 Å². The van der Waals surface area contributed by atoms with Crippen LogP contribution in [0.5, 0.6) is 0 Å². The van der Waals surface area contributed by atoms with Gasteiger partial charge in [-0.15, -0.1) is 0 Å². The van der Waals surface area contributed by atoms with Gasteiger partial charge in [0.1, 0.15) is 0 Å². The number of hydrogen-bond acceptors (Lipinski definition) is 3. The van der Waals surface area contributed by atoms with Gasteiger partial charge in [-0.1, -0.05) is 0 Å². The molecule has 0 aliphatic rings. The highest BCUT2D eigenvalue weighted by atomic mass is 32.1. The molecule has 0 aromatic carbocycles. The summed E-state index contributed by atoms with van der Waals surface area (Å²) in [5, 5.41) is 15.6. The molecule has 46 valence electrons. The molecule has 1 heterocycles.